The summed E-state index contributed by atoms with van der Waals surface area (Å²) in [6.45, 7) is 3.96. The summed E-state index contributed by atoms with van der Waals surface area (Å²) in [4.78, 5) is 13.0. The van der Waals surface area contributed by atoms with Gasteiger partial charge in [0.2, 0.25) is 0 Å². The molecule has 0 aliphatic rings. The van der Waals surface area contributed by atoms with Crippen LogP contribution in [0.25, 0.3) is 0 Å². The van der Waals surface area contributed by atoms with Crippen LogP contribution in [0.1, 0.15) is 51.6 Å². The van der Waals surface area contributed by atoms with Crippen molar-refractivity contribution in [1.82, 2.24) is 10.0 Å². The number of nitrogens with one attached hydrogen (secondary N) is 2. The van der Waals surface area contributed by atoms with Crippen molar-refractivity contribution in [1.29, 1.82) is 0 Å². The molecule has 5 nitrogen and oxygen atoms in total. The van der Waals surface area contributed by atoms with Crippen LogP contribution in [-0.4, -0.2) is 14.3 Å². The van der Waals surface area contributed by atoms with Crippen molar-refractivity contribution in [3.8, 4) is 0 Å². The van der Waals surface area contributed by atoms with Gasteiger partial charge in [-0.15, -0.1) is 0 Å². The summed E-state index contributed by atoms with van der Waals surface area (Å²) in [6.07, 6.45) is 0. The molecule has 0 heterocycles. The predicted octanol–water partition coefficient (Wildman–Crippen LogP) is 5.55. The molecule has 1 amide bonds. The van der Waals surface area contributed by atoms with Crippen LogP contribution in [0, 0.1) is 6.92 Å². The Morgan fingerprint density at radius 3 is 1.91 bits per heavy atom. The molecule has 0 fully saturated rings. The van der Waals surface area contributed by atoms with Crippen molar-refractivity contribution in [2.45, 2.75) is 30.8 Å². The van der Waals surface area contributed by atoms with Gasteiger partial charge < -0.3 is 0 Å². The van der Waals surface area contributed by atoms with E-state index in [2.05, 4.69) is 29.1 Å². The molecule has 35 heavy (non-hydrogen) atoms. The van der Waals surface area contributed by atoms with Crippen LogP contribution < -0.4 is 10.0 Å². The minimum Gasteiger partial charge on any atom is -0.300 e. The van der Waals surface area contributed by atoms with E-state index in [1.54, 1.807) is 30.3 Å². The lowest BCUT2D eigenvalue weighted by Crippen LogP contribution is -2.31. The van der Waals surface area contributed by atoms with Crippen molar-refractivity contribution in [3.63, 3.8) is 0 Å². The highest BCUT2D eigenvalue weighted by atomic mass is 32.2. The van der Waals surface area contributed by atoms with E-state index in [9.17, 15) is 13.2 Å². The Morgan fingerprint density at radius 2 is 1.29 bits per heavy atom. The van der Waals surface area contributed by atoms with E-state index in [-0.39, 0.29) is 22.5 Å². The van der Waals surface area contributed by atoms with Gasteiger partial charge in [0.15, 0.2) is 0 Å². The van der Waals surface area contributed by atoms with Gasteiger partial charge in [-0.1, -0.05) is 90.5 Å². The minimum absolute atomic E-state index is 0.0424. The number of carbonyl (C=O) groups excluding carboxylic acids is 1. The van der Waals surface area contributed by atoms with Crippen molar-refractivity contribution < 1.29 is 13.2 Å². The molecule has 6 heteroatoms. The summed E-state index contributed by atoms with van der Waals surface area (Å²) >= 11 is 0. The summed E-state index contributed by atoms with van der Waals surface area (Å²) in [6, 6.07) is 33.4. The molecule has 0 aliphatic carbocycles. The summed E-state index contributed by atoms with van der Waals surface area (Å²) in [7, 11) is -3.98. The molecule has 4 aromatic carbocycles. The molecule has 0 spiro atoms. The Morgan fingerprint density at radius 1 is 0.714 bits per heavy atom. The first-order chi connectivity index (χ1) is 16.8. The zero-order valence-electron chi connectivity index (χ0n) is 19.7. The van der Waals surface area contributed by atoms with Crippen LogP contribution in [0.4, 0.5) is 0 Å². The Labute approximate surface area is 206 Å². The first-order valence-corrected chi connectivity index (χ1v) is 12.9. The van der Waals surface area contributed by atoms with Crippen LogP contribution in [-0.2, 0) is 10.0 Å². The molecule has 2 N–H and O–H groups in total. The monoisotopic (exact) mass is 484 g/mol. The van der Waals surface area contributed by atoms with Crippen molar-refractivity contribution in [3.05, 3.63) is 137 Å². The van der Waals surface area contributed by atoms with Crippen LogP contribution in [0.15, 0.2) is 114 Å². The van der Waals surface area contributed by atoms with E-state index in [0.29, 0.717) is 0 Å². The maximum absolute atomic E-state index is 12.9. The Balaban J connectivity index is 1.62. The van der Waals surface area contributed by atoms with E-state index in [0.717, 1.165) is 22.3 Å². The summed E-state index contributed by atoms with van der Waals surface area (Å²) in [5, 5.41) is 3.66. The van der Waals surface area contributed by atoms with Gasteiger partial charge in [0, 0.05) is 11.6 Å². The van der Waals surface area contributed by atoms with E-state index in [4.69, 9.17) is 0 Å². The van der Waals surface area contributed by atoms with Crippen molar-refractivity contribution in [2.24, 2.45) is 0 Å². The van der Waals surface area contributed by atoms with E-state index >= 15 is 0 Å². The SMILES string of the molecule is Cc1ccc(S(=O)(=O)NC(=O)c2cccc(C(N[C@H](C)c3ccccc3)c3ccccc3)c2)cc1. The first-order valence-electron chi connectivity index (χ1n) is 11.4. The molecule has 2 atom stereocenters. The highest BCUT2D eigenvalue weighted by Gasteiger charge is 2.21. The largest absolute Gasteiger partial charge is 0.300 e. The third-order valence-electron chi connectivity index (χ3n) is 5.89. The third-order valence-corrected chi connectivity index (χ3v) is 7.24. The average molecular weight is 485 g/mol. The van der Waals surface area contributed by atoms with Crippen LogP contribution in [0.2, 0.25) is 0 Å². The number of hydrogen-bond donors (Lipinski definition) is 2. The summed E-state index contributed by atoms with van der Waals surface area (Å²) < 4.78 is 27.6. The zero-order valence-corrected chi connectivity index (χ0v) is 20.5. The Hall–Kier alpha value is -3.74. The molecule has 178 valence electrons. The van der Waals surface area contributed by atoms with Gasteiger partial charge in [-0.2, -0.15) is 0 Å². The second kappa shape index (κ2) is 10.7. The summed E-state index contributed by atoms with van der Waals surface area (Å²) in [5.41, 5.74) is 4.26. The Kier molecular flexibility index (Phi) is 7.44. The topological polar surface area (TPSA) is 75.3 Å². The van der Waals surface area contributed by atoms with Gasteiger partial charge in [0.25, 0.3) is 15.9 Å². The number of sulfonamides is 1. The van der Waals surface area contributed by atoms with Gasteiger partial charge in [-0.3, -0.25) is 10.1 Å². The smallest absolute Gasteiger partial charge is 0.265 e. The quantitative estimate of drug-likeness (QED) is 0.344. The van der Waals surface area contributed by atoms with Gasteiger partial charge >= 0.3 is 0 Å². The fourth-order valence-corrected chi connectivity index (χ4v) is 4.91. The molecule has 0 radical (unpaired) electrons. The third kappa shape index (κ3) is 6.04. The number of amides is 1. The number of benzene rings is 4. The Bertz CT molecular complexity index is 1390. The van der Waals surface area contributed by atoms with Gasteiger partial charge in [-0.25, -0.2) is 13.1 Å². The number of hydrogen-bond acceptors (Lipinski definition) is 4. The molecule has 0 aliphatic heterocycles. The molecule has 0 saturated carbocycles. The molecule has 0 aromatic heterocycles. The molecule has 4 aromatic rings. The second-order valence-electron chi connectivity index (χ2n) is 8.52. The highest BCUT2D eigenvalue weighted by Crippen LogP contribution is 2.27. The second-order valence-corrected chi connectivity index (χ2v) is 10.2. The molecule has 4 rings (SSSR count). The predicted molar refractivity (Wildman–Crippen MR) is 139 cm³/mol. The molecular weight excluding hydrogens is 456 g/mol. The van der Waals surface area contributed by atoms with E-state index < -0.39 is 15.9 Å². The van der Waals surface area contributed by atoms with Crippen molar-refractivity contribution >= 4 is 15.9 Å². The lowest BCUT2D eigenvalue weighted by Gasteiger charge is -2.25. The first kappa shape index (κ1) is 24.4. The highest BCUT2D eigenvalue weighted by molar-refractivity contribution is 7.90. The lowest BCUT2D eigenvalue weighted by atomic mass is 9.95. The van der Waals surface area contributed by atoms with Gasteiger partial charge in [0.05, 0.1) is 10.9 Å². The molecule has 1 unspecified atom stereocenters. The summed E-state index contributed by atoms with van der Waals surface area (Å²) in [5.74, 6) is -0.671. The number of carbonyl (C=O) groups is 1. The molecule has 0 saturated heterocycles. The van der Waals surface area contributed by atoms with Crippen LogP contribution in [0.5, 0.6) is 0 Å². The minimum atomic E-state index is -3.98. The van der Waals surface area contributed by atoms with Crippen LogP contribution >= 0.6 is 0 Å². The number of rotatable bonds is 8. The molecule has 0 bridgehead atoms. The fraction of sp³-hybridized carbons (Fsp3) is 0.138. The molecular formula is C29H28N2O3S. The van der Waals surface area contributed by atoms with Gasteiger partial charge in [-0.05, 0) is 54.8 Å². The average Bonchev–Trinajstić information content (AvgIpc) is 2.88. The van der Waals surface area contributed by atoms with Gasteiger partial charge in [0.1, 0.15) is 0 Å². The lowest BCUT2D eigenvalue weighted by molar-refractivity contribution is 0.0981. The van der Waals surface area contributed by atoms with E-state index in [1.165, 1.54) is 12.1 Å². The van der Waals surface area contributed by atoms with Crippen LogP contribution in [0.3, 0.4) is 0 Å². The fourth-order valence-electron chi connectivity index (χ4n) is 3.94. The number of aryl methyl sites for hydroxylation is 1. The van der Waals surface area contributed by atoms with Crippen molar-refractivity contribution in [2.75, 3.05) is 0 Å². The maximum atomic E-state index is 12.9. The normalized spacial score (nSPS) is 13.1. The van der Waals surface area contributed by atoms with E-state index in [1.807, 2.05) is 61.5 Å². The zero-order chi connectivity index (χ0) is 24.8. The maximum Gasteiger partial charge on any atom is 0.265 e. The standard InChI is InChI=1S/C29H28N2O3S/c1-21-16-18-27(19-17-21)35(33,34)31-29(32)26-15-9-14-25(20-26)28(24-12-7-4-8-13-24)30-22(2)23-10-5-3-6-11-23/h3-20,22,28,30H,1-2H3,(H,31,32)/t22-,28?/m1/s1.